The second kappa shape index (κ2) is 6.85. The molecule has 2 aromatic rings. The van der Waals surface area contributed by atoms with E-state index >= 15 is 0 Å². The van der Waals surface area contributed by atoms with Crippen LogP contribution in [0, 0.1) is 5.82 Å². The summed E-state index contributed by atoms with van der Waals surface area (Å²) in [6.45, 7) is 5.07. The van der Waals surface area contributed by atoms with Crippen LogP contribution in [0.25, 0.3) is 0 Å². The molecule has 0 saturated heterocycles. The second-order valence-electron chi connectivity index (χ2n) is 4.68. The van der Waals surface area contributed by atoms with Gasteiger partial charge in [-0.05, 0) is 55.4 Å². The van der Waals surface area contributed by atoms with Gasteiger partial charge in [0.1, 0.15) is 12.1 Å². The molecule has 1 unspecified atom stereocenters. The van der Waals surface area contributed by atoms with Crippen LogP contribution in [0.2, 0.25) is 0 Å². The fourth-order valence-corrected chi connectivity index (χ4v) is 2.85. The van der Waals surface area contributed by atoms with Crippen LogP contribution in [0.3, 0.4) is 0 Å². The highest BCUT2D eigenvalue weighted by Gasteiger charge is 2.14. The third-order valence-corrected chi connectivity index (χ3v) is 4.15. The molecule has 1 N–H and O–H groups in total. The first kappa shape index (κ1) is 15.0. The van der Waals surface area contributed by atoms with Gasteiger partial charge in [-0.2, -0.15) is 0 Å². The summed E-state index contributed by atoms with van der Waals surface area (Å²) in [6.07, 6.45) is 2.70. The van der Waals surface area contributed by atoms with Crippen LogP contribution < -0.4 is 5.32 Å². The standard InChI is InChI=1S/C14H19FN4S/c1-4-7-16-10(2)12-8-11(15)5-6-13(12)20-14-18-17-9-19(14)3/h5-6,8-10,16H,4,7H2,1-3H3. The van der Waals surface area contributed by atoms with Gasteiger partial charge >= 0.3 is 0 Å². The minimum atomic E-state index is -0.215. The SMILES string of the molecule is CCCNC(C)c1cc(F)ccc1Sc1nncn1C. The monoisotopic (exact) mass is 294 g/mol. The van der Waals surface area contributed by atoms with Gasteiger partial charge in [-0.1, -0.05) is 6.92 Å². The Labute approximate surface area is 122 Å². The van der Waals surface area contributed by atoms with E-state index in [1.54, 1.807) is 18.5 Å². The Morgan fingerprint density at radius 2 is 2.25 bits per heavy atom. The van der Waals surface area contributed by atoms with Gasteiger partial charge in [0.05, 0.1) is 0 Å². The Morgan fingerprint density at radius 3 is 2.90 bits per heavy atom. The van der Waals surface area contributed by atoms with Gasteiger partial charge in [0.2, 0.25) is 0 Å². The summed E-state index contributed by atoms with van der Waals surface area (Å²) in [7, 11) is 1.89. The first-order chi connectivity index (χ1) is 9.61. The summed E-state index contributed by atoms with van der Waals surface area (Å²) in [5.41, 5.74) is 0.950. The van der Waals surface area contributed by atoms with E-state index in [9.17, 15) is 4.39 Å². The van der Waals surface area contributed by atoms with E-state index in [4.69, 9.17) is 0 Å². The quantitative estimate of drug-likeness (QED) is 0.888. The molecule has 108 valence electrons. The lowest BCUT2D eigenvalue weighted by molar-refractivity contribution is 0.554. The maximum Gasteiger partial charge on any atom is 0.195 e. The molecule has 6 heteroatoms. The summed E-state index contributed by atoms with van der Waals surface area (Å²) in [5.74, 6) is -0.215. The highest BCUT2D eigenvalue weighted by Crippen LogP contribution is 2.32. The molecule has 1 aromatic heterocycles. The molecule has 0 aliphatic carbocycles. The molecule has 0 fully saturated rings. The molecule has 1 atom stereocenters. The topological polar surface area (TPSA) is 42.7 Å². The smallest absolute Gasteiger partial charge is 0.195 e. The maximum absolute atomic E-state index is 13.5. The lowest BCUT2D eigenvalue weighted by atomic mass is 10.1. The first-order valence-electron chi connectivity index (χ1n) is 6.66. The number of hydrogen-bond acceptors (Lipinski definition) is 4. The third-order valence-electron chi connectivity index (χ3n) is 3.01. The number of aryl methyl sites for hydroxylation is 1. The van der Waals surface area contributed by atoms with Crippen molar-refractivity contribution >= 4 is 11.8 Å². The van der Waals surface area contributed by atoms with Crippen molar-refractivity contribution in [3.8, 4) is 0 Å². The zero-order valence-corrected chi connectivity index (χ0v) is 12.7. The van der Waals surface area contributed by atoms with Crippen LogP contribution >= 0.6 is 11.8 Å². The van der Waals surface area contributed by atoms with Gasteiger partial charge in [0.15, 0.2) is 5.16 Å². The van der Waals surface area contributed by atoms with Gasteiger partial charge in [-0.15, -0.1) is 10.2 Å². The molecular weight excluding hydrogens is 275 g/mol. The van der Waals surface area contributed by atoms with E-state index in [2.05, 4.69) is 22.4 Å². The molecule has 0 amide bonds. The molecule has 1 aromatic carbocycles. The highest BCUT2D eigenvalue weighted by molar-refractivity contribution is 7.99. The number of halogens is 1. The number of aromatic nitrogens is 3. The fourth-order valence-electron chi connectivity index (χ4n) is 1.88. The van der Waals surface area contributed by atoms with Crippen LogP contribution in [0.1, 0.15) is 31.9 Å². The molecule has 0 spiro atoms. The number of benzene rings is 1. The molecule has 0 radical (unpaired) electrons. The summed E-state index contributed by atoms with van der Waals surface area (Å²) in [5, 5.41) is 12.1. The molecule has 4 nitrogen and oxygen atoms in total. The predicted octanol–water partition coefficient (Wildman–Crippen LogP) is 3.17. The van der Waals surface area contributed by atoms with Crippen molar-refractivity contribution in [3.05, 3.63) is 35.9 Å². The molecule has 0 bridgehead atoms. The van der Waals surface area contributed by atoms with Crippen molar-refractivity contribution in [2.24, 2.45) is 7.05 Å². The molecule has 2 rings (SSSR count). The molecule has 0 aliphatic heterocycles. The summed E-state index contributed by atoms with van der Waals surface area (Å²) < 4.78 is 15.4. The zero-order chi connectivity index (χ0) is 14.5. The Balaban J connectivity index is 2.25. The Bertz CT molecular complexity index is 570. The van der Waals surface area contributed by atoms with E-state index in [0.29, 0.717) is 0 Å². The molecule has 0 saturated carbocycles. The van der Waals surface area contributed by atoms with Gasteiger partial charge in [-0.25, -0.2) is 4.39 Å². The number of hydrogen-bond donors (Lipinski definition) is 1. The third kappa shape index (κ3) is 3.58. The van der Waals surface area contributed by atoms with Crippen molar-refractivity contribution < 1.29 is 4.39 Å². The van der Waals surface area contributed by atoms with Crippen molar-refractivity contribution in [3.63, 3.8) is 0 Å². The number of nitrogens with one attached hydrogen (secondary N) is 1. The van der Waals surface area contributed by atoms with Crippen LogP contribution in [0.5, 0.6) is 0 Å². The second-order valence-corrected chi connectivity index (χ2v) is 5.69. The van der Waals surface area contributed by atoms with Crippen molar-refractivity contribution in [2.45, 2.75) is 36.4 Å². The molecule has 20 heavy (non-hydrogen) atoms. The van der Waals surface area contributed by atoms with E-state index in [1.165, 1.54) is 17.8 Å². The van der Waals surface area contributed by atoms with Crippen molar-refractivity contribution in [1.29, 1.82) is 0 Å². The van der Waals surface area contributed by atoms with E-state index in [-0.39, 0.29) is 11.9 Å². The van der Waals surface area contributed by atoms with Crippen LogP contribution in [-0.2, 0) is 7.05 Å². The summed E-state index contributed by atoms with van der Waals surface area (Å²) in [6, 6.07) is 4.97. The minimum Gasteiger partial charge on any atom is -0.311 e. The summed E-state index contributed by atoms with van der Waals surface area (Å²) in [4.78, 5) is 0.999. The highest BCUT2D eigenvalue weighted by atomic mass is 32.2. The first-order valence-corrected chi connectivity index (χ1v) is 7.48. The maximum atomic E-state index is 13.5. The fraction of sp³-hybridized carbons (Fsp3) is 0.429. The lowest BCUT2D eigenvalue weighted by Crippen LogP contribution is -2.20. The number of nitrogens with zero attached hydrogens (tertiary/aromatic N) is 3. The van der Waals surface area contributed by atoms with Crippen LogP contribution in [0.4, 0.5) is 4.39 Å². The Morgan fingerprint density at radius 1 is 1.45 bits per heavy atom. The molecule has 0 aliphatic rings. The van der Waals surface area contributed by atoms with E-state index in [0.717, 1.165) is 28.6 Å². The van der Waals surface area contributed by atoms with Crippen molar-refractivity contribution in [2.75, 3.05) is 6.54 Å². The van der Waals surface area contributed by atoms with E-state index in [1.807, 2.05) is 18.5 Å². The van der Waals surface area contributed by atoms with E-state index < -0.39 is 0 Å². The van der Waals surface area contributed by atoms with Gasteiger partial charge in [0.25, 0.3) is 0 Å². The average molecular weight is 294 g/mol. The Hall–Kier alpha value is -1.40. The Kier molecular flexibility index (Phi) is 5.14. The zero-order valence-electron chi connectivity index (χ0n) is 11.9. The molecule has 1 heterocycles. The normalized spacial score (nSPS) is 12.6. The number of rotatable bonds is 6. The summed E-state index contributed by atoms with van der Waals surface area (Å²) >= 11 is 1.50. The largest absolute Gasteiger partial charge is 0.311 e. The van der Waals surface area contributed by atoms with Gasteiger partial charge < -0.3 is 9.88 Å². The van der Waals surface area contributed by atoms with Gasteiger partial charge in [0, 0.05) is 18.0 Å². The van der Waals surface area contributed by atoms with Crippen LogP contribution in [0.15, 0.2) is 34.6 Å². The lowest BCUT2D eigenvalue weighted by Gasteiger charge is -2.17. The average Bonchev–Trinajstić information content (AvgIpc) is 2.83. The van der Waals surface area contributed by atoms with Crippen LogP contribution in [-0.4, -0.2) is 21.3 Å². The predicted molar refractivity (Wildman–Crippen MR) is 78.2 cm³/mol. The van der Waals surface area contributed by atoms with Gasteiger partial charge in [-0.3, -0.25) is 0 Å². The van der Waals surface area contributed by atoms with Crippen molar-refractivity contribution in [1.82, 2.24) is 20.1 Å². The molecular formula is C14H19FN4S. The minimum absolute atomic E-state index is 0.0985.